The number of thioether (sulfide) groups is 1. The Balaban J connectivity index is 1.87. The Bertz CT molecular complexity index is 407. The minimum absolute atomic E-state index is 0.192. The molecule has 1 aliphatic heterocycles. The van der Waals surface area contributed by atoms with Gasteiger partial charge in [-0.2, -0.15) is 0 Å². The topological polar surface area (TPSA) is 21.3 Å². The van der Waals surface area contributed by atoms with Gasteiger partial charge in [0, 0.05) is 30.2 Å². The summed E-state index contributed by atoms with van der Waals surface area (Å²) >= 11 is 1.98. The number of ether oxygens (including phenoxy) is 1. The highest BCUT2D eigenvalue weighted by Crippen LogP contribution is 2.36. The highest BCUT2D eigenvalue weighted by Gasteiger charge is 2.33. The molecular formula is C18H29NOS. The number of rotatable bonds is 6. The van der Waals surface area contributed by atoms with Crippen molar-refractivity contribution in [2.45, 2.75) is 50.5 Å². The van der Waals surface area contributed by atoms with Gasteiger partial charge in [0.05, 0.1) is 0 Å². The minimum Gasteiger partial charge on any atom is -0.381 e. The van der Waals surface area contributed by atoms with E-state index < -0.39 is 0 Å². The summed E-state index contributed by atoms with van der Waals surface area (Å²) in [6.45, 7) is 9.69. The lowest BCUT2D eigenvalue weighted by atomic mass is 9.77. The van der Waals surface area contributed by atoms with Gasteiger partial charge in [0.1, 0.15) is 0 Å². The van der Waals surface area contributed by atoms with E-state index in [2.05, 4.69) is 56.4 Å². The first kappa shape index (κ1) is 16.9. The highest BCUT2D eigenvalue weighted by atomic mass is 32.2. The van der Waals surface area contributed by atoms with Crippen molar-refractivity contribution in [3.8, 4) is 0 Å². The standard InChI is InChI=1S/C18H29NOS/c1-17(2,3)19-15-18(9-12-20-13-10-18)11-14-21-16-7-5-4-6-8-16/h4-8,19H,9-15H2,1-3H3. The molecule has 0 bridgehead atoms. The minimum atomic E-state index is 0.192. The van der Waals surface area contributed by atoms with Gasteiger partial charge in [-0.1, -0.05) is 18.2 Å². The Morgan fingerprint density at radius 1 is 1.14 bits per heavy atom. The summed E-state index contributed by atoms with van der Waals surface area (Å²) < 4.78 is 5.59. The van der Waals surface area contributed by atoms with E-state index in [9.17, 15) is 0 Å². The van der Waals surface area contributed by atoms with Crippen LogP contribution in [0.15, 0.2) is 35.2 Å². The van der Waals surface area contributed by atoms with Crippen molar-refractivity contribution in [1.82, 2.24) is 5.32 Å². The molecule has 3 heteroatoms. The zero-order chi connectivity index (χ0) is 15.2. The zero-order valence-electron chi connectivity index (χ0n) is 13.7. The summed E-state index contributed by atoms with van der Waals surface area (Å²) in [6, 6.07) is 10.7. The monoisotopic (exact) mass is 307 g/mol. The van der Waals surface area contributed by atoms with Crippen molar-refractivity contribution in [2.75, 3.05) is 25.5 Å². The Labute approximate surface area is 134 Å². The molecule has 1 aliphatic rings. The van der Waals surface area contributed by atoms with Crippen LogP contribution in [0.5, 0.6) is 0 Å². The van der Waals surface area contributed by atoms with Gasteiger partial charge in [-0.15, -0.1) is 11.8 Å². The van der Waals surface area contributed by atoms with Crippen molar-refractivity contribution >= 4 is 11.8 Å². The molecule has 1 saturated heterocycles. The molecule has 1 aromatic rings. The van der Waals surface area contributed by atoms with Crippen LogP contribution in [-0.2, 0) is 4.74 Å². The molecule has 0 atom stereocenters. The molecule has 2 rings (SSSR count). The Morgan fingerprint density at radius 2 is 1.81 bits per heavy atom. The first-order valence-corrected chi connectivity index (χ1v) is 8.98. The summed E-state index contributed by atoms with van der Waals surface area (Å²) in [5, 5.41) is 3.72. The van der Waals surface area contributed by atoms with Gasteiger partial charge >= 0.3 is 0 Å². The lowest BCUT2D eigenvalue weighted by Gasteiger charge is -2.39. The van der Waals surface area contributed by atoms with Crippen LogP contribution in [0.3, 0.4) is 0 Å². The Morgan fingerprint density at radius 3 is 2.43 bits per heavy atom. The molecule has 1 aromatic carbocycles. The summed E-state index contributed by atoms with van der Waals surface area (Å²) in [5.41, 5.74) is 0.602. The fourth-order valence-corrected chi connectivity index (χ4v) is 3.79. The maximum absolute atomic E-state index is 5.59. The molecule has 0 amide bonds. The van der Waals surface area contributed by atoms with Gasteiger partial charge in [-0.3, -0.25) is 0 Å². The van der Waals surface area contributed by atoms with Gasteiger partial charge in [-0.05, 0) is 63.3 Å². The van der Waals surface area contributed by atoms with Gasteiger partial charge in [-0.25, -0.2) is 0 Å². The second-order valence-corrected chi connectivity index (χ2v) is 8.30. The summed E-state index contributed by atoms with van der Waals surface area (Å²) in [5.74, 6) is 1.19. The third kappa shape index (κ3) is 6.01. The fraction of sp³-hybridized carbons (Fsp3) is 0.667. The van der Waals surface area contributed by atoms with Crippen molar-refractivity contribution in [1.29, 1.82) is 0 Å². The molecule has 0 aromatic heterocycles. The lowest BCUT2D eigenvalue weighted by Crippen LogP contribution is -2.46. The molecule has 0 unspecified atom stereocenters. The third-order valence-corrected chi connectivity index (χ3v) is 5.21. The van der Waals surface area contributed by atoms with E-state index in [1.165, 1.54) is 29.9 Å². The SMILES string of the molecule is CC(C)(C)NCC1(CCSc2ccccc2)CCOCC1. The molecule has 1 N–H and O–H groups in total. The second kappa shape index (κ2) is 7.66. The van der Waals surface area contributed by atoms with E-state index in [0.29, 0.717) is 5.41 Å². The largest absolute Gasteiger partial charge is 0.381 e. The predicted molar refractivity (Wildman–Crippen MR) is 92.0 cm³/mol. The van der Waals surface area contributed by atoms with E-state index in [1.54, 1.807) is 0 Å². The third-order valence-electron chi connectivity index (χ3n) is 4.19. The van der Waals surface area contributed by atoms with Crippen LogP contribution in [0, 0.1) is 5.41 Å². The van der Waals surface area contributed by atoms with Crippen LogP contribution >= 0.6 is 11.8 Å². The summed E-state index contributed by atoms with van der Waals surface area (Å²) in [6.07, 6.45) is 3.63. The molecule has 0 saturated carbocycles. The van der Waals surface area contributed by atoms with Crippen LogP contribution in [0.1, 0.15) is 40.0 Å². The van der Waals surface area contributed by atoms with Gasteiger partial charge in [0.15, 0.2) is 0 Å². The molecule has 21 heavy (non-hydrogen) atoms. The molecule has 0 radical (unpaired) electrons. The van der Waals surface area contributed by atoms with Crippen LogP contribution < -0.4 is 5.32 Å². The second-order valence-electron chi connectivity index (χ2n) is 7.13. The van der Waals surface area contributed by atoms with Crippen LogP contribution in [0.2, 0.25) is 0 Å². The lowest BCUT2D eigenvalue weighted by molar-refractivity contribution is 0.0106. The molecule has 1 heterocycles. The number of nitrogens with one attached hydrogen (secondary N) is 1. The normalized spacial score (nSPS) is 18.6. The smallest absolute Gasteiger partial charge is 0.0471 e. The summed E-state index contributed by atoms with van der Waals surface area (Å²) in [4.78, 5) is 1.38. The van der Waals surface area contributed by atoms with E-state index in [-0.39, 0.29) is 5.54 Å². The van der Waals surface area contributed by atoms with Crippen molar-refractivity contribution in [3.63, 3.8) is 0 Å². The molecule has 1 fully saturated rings. The quantitative estimate of drug-likeness (QED) is 0.789. The van der Waals surface area contributed by atoms with Crippen LogP contribution in [0.4, 0.5) is 0 Å². The average molecular weight is 308 g/mol. The average Bonchev–Trinajstić information content (AvgIpc) is 2.47. The fourth-order valence-electron chi connectivity index (χ4n) is 2.67. The first-order valence-electron chi connectivity index (χ1n) is 8.00. The zero-order valence-corrected chi connectivity index (χ0v) is 14.5. The van der Waals surface area contributed by atoms with E-state index >= 15 is 0 Å². The van der Waals surface area contributed by atoms with Gasteiger partial charge in [0.25, 0.3) is 0 Å². The maximum Gasteiger partial charge on any atom is 0.0471 e. The maximum atomic E-state index is 5.59. The van der Waals surface area contributed by atoms with Crippen molar-refractivity contribution < 1.29 is 4.74 Å². The van der Waals surface area contributed by atoms with Gasteiger partial charge in [0.2, 0.25) is 0 Å². The molecule has 118 valence electrons. The number of benzene rings is 1. The molecular weight excluding hydrogens is 278 g/mol. The van der Waals surface area contributed by atoms with Crippen molar-refractivity contribution in [3.05, 3.63) is 30.3 Å². The first-order chi connectivity index (χ1) is 9.99. The van der Waals surface area contributed by atoms with Crippen molar-refractivity contribution in [2.24, 2.45) is 5.41 Å². The van der Waals surface area contributed by atoms with E-state index in [4.69, 9.17) is 4.74 Å². The predicted octanol–water partition coefficient (Wildman–Crippen LogP) is 4.35. The van der Waals surface area contributed by atoms with Crippen LogP contribution in [0.25, 0.3) is 0 Å². The number of hydrogen-bond acceptors (Lipinski definition) is 3. The van der Waals surface area contributed by atoms with E-state index in [0.717, 1.165) is 19.8 Å². The van der Waals surface area contributed by atoms with E-state index in [1.807, 2.05) is 11.8 Å². The molecule has 2 nitrogen and oxygen atoms in total. The molecule has 0 spiro atoms. The van der Waals surface area contributed by atoms with Crippen LogP contribution in [-0.4, -0.2) is 31.1 Å². The Hall–Kier alpha value is -0.510. The van der Waals surface area contributed by atoms with Gasteiger partial charge < -0.3 is 10.1 Å². The number of hydrogen-bond donors (Lipinski definition) is 1. The molecule has 0 aliphatic carbocycles. The Kier molecular flexibility index (Phi) is 6.15. The summed E-state index contributed by atoms with van der Waals surface area (Å²) in [7, 11) is 0. The highest BCUT2D eigenvalue weighted by molar-refractivity contribution is 7.99.